The van der Waals surface area contributed by atoms with Crippen LogP contribution >= 0.6 is 11.6 Å². The summed E-state index contributed by atoms with van der Waals surface area (Å²) in [5.41, 5.74) is 0. The molecule has 0 radical (unpaired) electrons. The molecule has 0 fully saturated rings. The van der Waals surface area contributed by atoms with Gasteiger partial charge in [-0.15, -0.1) is 0 Å². The highest BCUT2D eigenvalue weighted by atomic mass is 35.5. The highest BCUT2D eigenvalue weighted by molar-refractivity contribution is 6.32. The van der Waals surface area contributed by atoms with Crippen molar-refractivity contribution in [1.29, 1.82) is 0 Å². The fourth-order valence-corrected chi connectivity index (χ4v) is 1.73. The fourth-order valence-electron chi connectivity index (χ4n) is 1.55. The second-order valence-corrected chi connectivity index (χ2v) is 3.90. The van der Waals surface area contributed by atoms with E-state index in [1.807, 2.05) is 10.8 Å². The normalized spacial score (nSPS) is 10.5. The molecule has 0 aromatic carbocycles. The van der Waals surface area contributed by atoms with Crippen molar-refractivity contribution in [3.63, 3.8) is 0 Å². The summed E-state index contributed by atoms with van der Waals surface area (Å²) in [5.74, 6) is 1.52. The molecule has 6 heteroatoms. The van der Waals surface area contributed by atoms with Gasteiger partial charge in [-0.05, 0) is 6.42 Å². The van der Waals surface area contributed by atoms with E-state index >= 15 is 0 Å². The molecule has 0 spiro atoms. The lowest BCUT2D eigenvalue weighted by Crippen LogP contribution is -2.05. The van der Waals surface area contributed by atoms with E-state index in [1.165, 1.54) is 13.3 Å². The first-order chi connectivity index (χ1) is 8.26. The maximum atomic E-state index is 6.09. The number of ether oxygens (including phenoxy) is 1. The lowest BCUT2D eigenvalue weighted by molar-refractivity contribution is 0.379. The van der Waals surface area contributed by atoms with Crippen molar-refractivity contribution in [2.24, 2.45) is 0 Å². The summed E-state index contributed by atoms with van der Waals surface area (Å²) in [5, 5.41) is 0.473. The van der Waals surface area contributed by atoms with Crippen LogP contribution in [0.2, 0.25) is 5.02 Å². The first kappa shape index (κ1) is 11.9. The van der Waals surface area contributed by atoms with E-state index < -0.39 is 0 Å². The van der Waals surface area contributed by atoms with Crippen molar-refractivity contribution in [3.05, 3.63) is 29.4 Å². The van der Waals surface area contributed by atoms with Crippen LogP contribution < -0.4 is 4.74 Å². The fraction of sp³-hybridized carbons (Fsp3) is 0.364. The molecular weight excluding hydrogens is 240 g/mol. The topological polar surface area (TPSA) is 52.8 Å². The zero-order valence-electron chi connectivity index (χ0n) is 9.72. The Bertz CT molecular complexity index is 512. The van der Waals surface area contributed by atoms with Crippen LogP contribution in [0.1, 0.15) is 19.2 Å². The number of hydrogen-bond donors (Lipinski definition) is 0. The molecule has 0 aliphatic rings. The molecule has 0 atom stereocenters. The van der Waals surface area contributed by atoms with Gasteiger partial charge in [0.15, 0.2) is 5.82 Å². The van der Waals surface area contributed by atoms with Crippen LogP contribution in [-0.4, -0.2) is 26.6 Å². The molecule has 0 aliphatic heterocycles. The van der Waals surface area contributed by atoms with Crippen molar-refractivity contribution < 1.29 is 4.74 Å². The minimum absolute atomic E-state index is 0.292. The van der Waals surface area contributed by atoms with Crippen molar-refractivity contribution in [2.45, 2.75) is 19.8 Å². The van der Waals surface area contributed by atoms with Crippen molar-refractivity contribution in [2.75, 3.05) is 7.11 Å². The zero-order valence-corrected chi connectivity index (χ0v) is 10.5. The first-order valence-electron chi connectivity index (χ1n) is 5.35. The molecule has 0 N–H and O–H groups in total. The summed E-state index contributed by atoms with van der Waals surface area (Å²) in [6, 6.07) is 0.292. The maximum absolute atomic E-state index is 6.09. The van der Waals surface area contributed by atoms with Crippen LogP contribution in [0.25, 0.3) is 5.82 Å². The lowest BCUT2D eigenvalue weighted by Gasteiger charge is -2.08. The van der Waals surface area contributed by atoms with Crippen LogP contribution in [0.15, 0.2) is 18.6 Å². The van der Waals surface area contributed by atoms with Crippen molar-refractivity contribution >= 4 is 11.6 Å². The molecular formula is C11H13ClN4O. The van der Waals surface area contributed by atoms with Crippen LogP contribution in [0.3, 0.4) is 0 Å². The maximum Gasteiger partial charge on any atom is 0.318 e. The van der Waals surface area contributed by atoms with Crippen LogP contribution in [0, 0.1) is 0 Å². The monoisotopic (exact) mass is 252 g/mol. The zero-order chi connectivity index (χ0) is 12.3. The summed E-state index contributed by atoms with van der Waals surface area (Å²) in [6.45, 7) is 2.10. The third-order valence-corrected chi connectivity index (χ3v) is 2.57. The average Bonchev–Trinajstić information content (AvgIpc) is 2.78. The molecule has 2 aromatic rings. The minimum atomic E-state index is 0.292. The van der Waals surface area contributed by atoms with E-state index in [1.54, 1.807) is 6.20 Å². The highest BCUT2D eigenvalue weighted by Gasteiger charge is 2.11. The SMILES string of the molecule is CCCc1nccn1-c1nc(OC)ncc1Cl. The Morgan fingerprint density at radius 3 is 2.94 bits per heavy atom. The van der Waals surface area contributed by atoms with Crippen molar-refractivity contribution in [3.8, 4) is 11.8 Å². The molecule has 2 aromatic heterocycles. The van der Waals surface area contributed by atoms with Gasteiger partial charge < -0.3 is 4.74 Å². The smallest absolute Gasteiger partial charge is 0.318 e. The van der Waals surface area contributed by atoms with E-state index in [9.17, 15) is 0 Å². The van der Waals surface area contributed by atoms with E-state index in [0.717, 1.165) is 18.7 Å². The molecule has 0 unspecified atom stereocenters. The average molecular weight is 253 g/mol. The highest BCUT2D eigenvalue weighted by Crippen LogP contribution is 2.20. The number of aromatic nitrogens is 4. The second-order valence-electron chi connectivity index (χ2n) is 3.49. The molecule has 5 nitrogen and oxygen atoms in total. The number of rotatable bonds is 4. The van der Waals surface area contributed by atoms with Crippen LogP contribution in [-0.2, 0) is 6.42 Å². The number of aryl methyl sites for hydroxylation is 1. The van der Waals surface area contributed by atoms with Gasteiger partial charge in [-0.25, -0.2) is 9.97 Å². The standard InChI is InChI=1S/C11H13ClN4O/c1-3-4-9-13-5-6-16(9)10-8(12)7-14-11(15-10)17-2/h5-7H,3-4H2,1-2H3. The third-order valence-electron chi connectivity index (χ3n) is 2.31. The summed E-state index contributed by atoms with van der Waals surface area (Å²) in [7, 11) is 1.52. The Hall–Kier alpha value is -1.62. The Balaban J connectivity index is 2.47. The Labute approximate surface area is 104 Å². The van der Waals surface area contributed by atoms with E-state index in [2.05, 4.69) is 21.9 Å². The largest absolute Gasteiger partial charge is 0.467 e. The first-order valence-corrected chi connectivity index (χ1v) is 5.73. The third kappa shape index (κ3) is 2.39. The lowest BCUT2D eigenvalue weighted by atomic mass is 10.3. The van der Waals surface area contributed by atoms with Gasteiger partial charge in [-0.2, -0.15) is 4.98 Å². The number of halogens is 1. The predicted molar refractivity (Wildman–Crippen MR) is 64.7 cm³/mol. The van der Waals surface area contributed by atoms with Crippen LogP contribution in [0.5, 0.6) is 6.01 Å². The Morgan fingerprint density at radius 2 is 2.24 bits per heavy atom. The summed E-state index contributed by atoms with van der Waals surface area (Å²) >= 11 is 6.09. The van der Waals surface area contributed by atoms with E-state index in [-0.39, 0.29) is 0 Å². The Morgan fingerprint density at radius 1 is 1.41 bits per heavy atom. The van der Waals surface area contributed by atoms with Crippen molar-refractivity contribution in [1.82, 2.24) is 19.5 Å². The predicted octanol–water partition coefficient (Wildman–Crippen LogP) is 2.28. The van der Waals surface area contributed by atoms with Crippen LogP contribution in [0.4, 0.5) is 0 Å². The Kier molecular flexibility index (Phi) is 3.58. The quantitative estimate of drug-likeness (QED) is 0.838. The van der Waals surface area contributed by atoms with Gasteiger partial charge in [0.2, 0.25) is 0 Å². The number of imidazole rings is 1. The van der Waals surface area contributed by atoms with Gasteiger partial charge in [0.25, 0.3) is 0 Å². The van der Waals surface area contributed by atoms with E-state index in [4.69, 9.17) is 16.3 Å². The minimum Gasteiger partial charge on any atom is -0.467 e. The van der Waals surface area contributed by atoms with Gasteiger partial charge in [0.1, 0.15) is 10.8 Å². The summed E-state index contributed by atoms with van der Waals surface area (Å²) in [4.78, 5) is 12.5. The van der Waals surface area contributed by atoms with Gasteiger partial charge in [-0.1, -0.05) is 18.5 Å². The molecule has 0 amide bonds. The summed E-state index contributed by atoms with van der Waals surface area (Å²) < 4.78 is 6.85. The second kappa shape index (κ2) is 5.14. The number of nitrogens with zero attached hydrogens (tertiary/aromatic N) is 4. The van der Waals surface area contributed by atoms with Gasteiger partial charge in [0, 0.05) is 18.8 Å². The number of methoxy groups -OCH3 is 1. The molecule has 90 valence electrons. The molecule has 17 heavy (non-hydrogen) atoms. The molecule has 0 saturated carbocycles. The molecule has 0 saturated heterocycles. The molecule has 0 bridgehead atoms. The molecule has 2 rings (SSSR count). The summed E-state index contributed by atoms with van der Waals surface area (Å²) in [6.07, 6.45) is 6.97. The molecule has 0 aliphatic carbocycles. The van der Waals surface area contributed by atoms with Gasteiger partial charge in [0.05, 0.1) is 13.3 Å². The number of hydrogen-bond acceptors (Lipinski definition) is 4. The van der Waals surface area contributed by atoms with Gasteiger partial charge in [-0.3, -0.25) is 4.57 Å². The van der Waals surface area contributed by atoms with Gasteiger partial charge >= 0.3 is 6.01 Å². The molecule has 2 heterocycles. The van der Waals surface area contributed by atoms with E-state index in [0.29, 0.717) is 16.9 Å².